The summed E-state index contributed by atoms with van der Waals surface area (Å²) in [5, 5.41) is 9.83. The molecule has 3 aromatic rings. The molecule has 1 aliphatic heterocycles. The molecule has 38 heavy (non-hydrogen) atoms. The smallest absolute Gasteiger partial charge is 0.255 e. The van der Waals surface area contributed by atoms with Crippen molar-refractivity contribution in [2.75, 3.05) is 33.1 Å². The zero-order chi connectivity index (χ0) is 27.0. The fraction of sp³-hybridized carbons (Fsp3) is 0.346. The first kappa shape index (κ1) is 25.8. The van der Waals surface area contributed by atoms with Crippen LogP contribution in [0.1, 0.15) is 23.2 Å². The van der Waals surface area contributed by atoms with Gasteiger partial charge in [-0.05, 0) is 37.1 Å². The molecule has 198 valence electrons. The minimum atomic E-state index is -0.524. The highest BCUT2D eigenvalue weighted by atomic mass is 35.5. The molecule has 5 rings (SSSR count). The third-order valence-electron chi connectivity index (χ3n) is 7.01. The number of hydrogen-bond donors (Lipinski definition) is 3. The number of nitrogens with zero attached hydrogens (tertiary/aromatic N) is 4. The average molecular weight is 540 g/mol. The second-order valence-electron chi connectivity index (χ2n) is 9.74. The second-order valence-corrected chi connectivity index (χ2v) is 10.2. The molecule has 1 aliphatic carbocycles. The third kappa shape index (κ3) is 4.99. The SMILES string of the molecule is COc1cnc(-c2cc(Cl)ccc2F)nc1Nc1ccncc1C(=O)NC1C[C@@]12CN[C@@H](C(=O)N(C)C)C2. The summed E-state index contributed by atoms with van der Waals surface area (Å²) in [5.74, 6) is -0.154. The Morgan fingerprint density at radius 1 is 1.24 bits per heavy atom. The van der Waals surface area contributed by atoms with Gasteiger partial charge >= 0.3 is 0 Å². The van der Waals surface area contributed by atoms with Gasteiger partial charge in [-0.3, -0.25) is 14.6 Å². The van der Waals surface area contributed by atoms with Crippen molar-refractivity contribution in [1.29, 1.82) is 0 Å². The van der Waals surface area contributed by atoms with Gasteiger partial charge in [0.2, 0.25) is 5.91 Å². The lowest BCUT2D eigenvalue weighted by atomic mass is 10.0. The number of ether oxygens (including phenoxy) is 1. The molecule has 0 bridgehead atoms. The minimum absolute atomic E-state index is 0.0356. The van der Waals surface area contributed by atoms with E-state index in [1.54, 1.807) is 31.3 Å². The number of hydrogen-bond acceptors (Lipinski definition) is 8. The number of nitrogens with one attached hydrogen (secondary N) is 3. The maximum atomic E-state index is 14.5. The molecule has 2 aromatic heterocycles. The third-order valence-corrected chi connectivity index (χ3v) is 7.24. The van der Waals surface area contributed by atoms with Gasteiger partial charge in [-0.2, -0.15) is 0 Å². The quantitative estimate of drug-likeness (QED) is 0.419. The van der Waals surface area contributed by atoms with Crippen molar-refractivity contribution in [3.63, 3.8) is 0 Å². The Morgan fingerprint density at radius 2 is 2.05 bits per heavy atom. The Bertz CT molecular complexity index is 1410. The van der Waals surface area contributed by atoms with E-state index in [4.69, 9.17) is 16.3 Å². The number of likely N-dealkylation sites (N-methyl/N-ethyl adjacent to an activating group) is 1. The summed E-state index contributed by atoms with van der Waals surface area (Å²) in [4.78, 5) is 40.0. The van der Waals surface area contributed by atoms with Crippen molar-refractivity contribution < 1.29 is 18.7 Å². The van der Waals surface area contributed by atoms with Gasteiger partial charge in [0.05, 0.1) is 36.2 Å². The number of rotatable bonds is 7. The predicted molar refractivity (Wildman–Crippen MR) is 140 cm³/mol. The lowest BCUT2D eigenvalue weighted by molar-refractivity contribution is -0.130. The molecule has 1 unspecified atom stereocenters. The number of methoxy groups -OCH3 is 1. The molecular formula is C26H27ClFN7O3. The van der Waals surface area contributed by atoms with Gasteiger partial charge in [-0.1, -0.05) is 11.6 Å². The molecule has 1 aromatic carbocycles. The van der Waals surface area contributed by atoms with E-state index in [-0.39, 0.29) is 46.5 Å². The first-order valence-corrected chi connectivity index (χ1v) is 12.4. The molecule has 1 saturated heterocycles. The molecule has 0 radical (unpaired) electrons. The molecule has 2 fully saturated rings. The van der Waals surface area contributed by atoms with Crippen LogP contribution in [-0.4, -0.2) is 71.5 Å². The van der Waals surface area contributed by atoms with Gasteiger partial charge in [0, 0.05) is 49.5 Å². The molecule has 3 atom stereocenters. The maximum absolute atomic E-state index is 14.5. The Kier molecular flexibility index (Phi) is 6.89. The monoisotopic (exact) mass is 539 g/mol. The van der Waals surface area contributed by atoms with Crippen LogP contribution in [0.3, 0.4) is 0 Å². The van der Waals surface area contributed by atoms with Crippen molar-refractivity contribution in [3.8, 4) is 17.1 Å². The summed E-state index contributed by atoms with van der Waals surface area (Å²) in [5.41, 5.74) is 0.740. The number of halogens is 2. The number of anilines is 2. The lowest BCUT2D eigenvalue weighted by Crippen LogP contribution is -2.39. The topological polar surface area (TPSA) is 121 Å². The number of carbonyl (C=O) groups is 2. The standard InChI is InChI=1S/C26H27ClFN7O3/c1-35(2)25(37)19-9-26(13-31-19)10-21(26)33-24(36)16-11-29-7-6-18(16)32-23-20(38-3)12-30-22(34-23)15-8-14(27)4-5-17(15)28/h4-8,11-12,19,21,31H,9-10,13H2,1-3H3,(H,33,36)(H,29,30,32,34)/t19-,21?,26+/m1/s1. The van der Waals surface area contributed by atoms with Crippen LogP contribution in [0.25, 0.3) is 11.4 Å². The number of pyridine rings is 1. The molecule has 2 amide bonds. The van der Waals surface area contributed by atoms with E-state index in [0.29, 0.717) is 35.0 Å². The van der Waals surface area contributed by atoms with Crippen molar-refractivity contribution in [2.45, 2.75) is 24.9 Å². The minimum Gasteiger partial charge on any atom is -0.491 e. The van der Waals surface area contributed by atoms with E-state index in [1.807, 2.05) is 0 Å². The molecule has 12 heteroatoms. The first-order chi connectivity index (χ1) is 18.2. The van der Waals surface area contributed by atoms with Crippen LogP contribution in [0.4, 0.5) is 15.9 Å². The lowest BCUT2D eigenvalue weighted by Gasteiger charge is -2.16. The summed E-state index contributed by atoms with van der Waals surface area (Å²) in [7, 11) is 4.93. The maximum Gasteiger partial charge on any atom is 0.255 e. The Hall–Kier alpha value is -3.83. The average Bonchev–Trinajstić information content (AvgIpc) is 3.38. The van der Waals surface area contributed by atoms with Gasteiger partial charge in [0.1, 0.15) is 5.82 Å². The number of carbonyl (C=O) groups excluding carboxylic acids is 2. The zero-order valence-electron chi connectivity index (χ0n) is 21.1. The molecule has 10 nitrogen and oxygen atoms in total. The number of amides is 2. The zero-order valence-corrected chi connectivity index (χ0v) is 21.8. The predicted octanol–water partition coefficient (Wildman–Crippen LogP) is 3.02. The van der Waals surface area contributed by atoms with Crippen LogP contribution >= 0.6 is 11.6 Å². The van der Waals surface area contributed by atoms with Gasteiger partial charge in [0.25, 0.3) is 5.91 Å². The molecular weight excluding hydrogens is 513 g/mol. The van der Waals surface area contributed by atoms with Crippen LogP contribution < -0.4 is 20.7 Å². The normalized spacial score (nSPS) is 21.7. The molecule has 3 heterocycles. The fourth-order valence-corrected chi connectivity index (χ4v) is 4.96. The van der Waals surface area contributed by atoms with Gasteiger partial charge in [-0.25, -0.2) is 14.4 Å². The Labute approximate surface area is 224 Å². The van der Waals surface area contributed by atoms with Crippen LogP contribution in [0.15, 0.2) is 42.9 Å². The summed E-state index contributed by atoms with van der Waals surface area (Å²) >= 11 is 6.04. The van der Waals surface area contributed by atoms with Gasteiger partial charge < -0.3 is 25.6 Å². The van der Waals surface area contributed by atoms with E-state index in [0.717, 1.165) is 6.42 Å². The van der Waals surface area contributed by atoms with Crippen LogP contribution in [0.2, 0.25) is 5.02 Å². The Balaban J connectivity index is 1.34. The molecule has 3 N–H and O–H groups in total. The van der Waals surface area contributed by atoms with Crippen LogP contribution in [-0.2, 0) is 4.79 Å². The highest BCUT2D eigenvalue weighted by Gasteiger charge is 2.59. The molecule has 1 spiro atoms. The van der Waals surface area contributed by atoms with Crippen molar-refractivity contribution in [1.82, 2.24) is 30.5 Å². The van der Waals surface area contributed by atoms with E-state index in [1.165, 1.54) is 37.7 Å². The van der Waals surface area contributed by atoms with Crippen molar-refractivity contribution in [2.24, 2.45) is 5.41 Å². The first-order valence-electron chi connectivity index (χ1n) is 12.0. The Morgan fingerprint density at radius 3 is 2.82 bits per heavy atom. The van der Waals surface area contributed by atoms with E-state index in [2.05, 4.69) is 30.9 Å². The number of aromatic nitrogens is 3. The highest BCUT2D eigenvalue weighted by molar-refractivity contribution is 6.30. The van der Waals surface area contributed by atoms with E-state index in [9.17, 15) is 14.0 Å². The summed E-state index contributed by atoms with van der Waals surface area (Å²) < 4.78 is 19.8. The highest BCUT2D eigenvalue weighted by Crippen LogP contribution is 2.52. The number of benzene rings is 1. The van der Waals surface area contributed by atoms with Gasteiger partial charge in [0.15, 0.2) is 17.4 Å². The van der Waals surface area contributed by atoms with Crippen molar-refractivity contribution in [3.05, 3.63) is 59.3 Å². The van der Waals surface area contributed by atoms with E-state index >= 15 is 0 Å². The van der Waals surface area contributed by atoms with E-state index < -0.39 is 5.82 Å². The van der Waals surface area contributed by atoms with Crippen LogP contribution in [0, 0.1) is 11.2 Å². The summed E-state index contributed by atoms with van der Waals surface area (Å²) in [6.07, 6.45) is 5.89. The molecule has 1 saturated carbocycles. The summed E-state index contributed by atoms with van der Waals surface area (Å²) in [6, 6.07) is 5.46. The largest absolute Gasteiger partial charge is 0.491 e. The van der Waals surface area contributed by atoms with Crippen LogP contribution in [0.5, 0.6) is 5.75 Å². The summed E-state index contributed by atoms with van der Waals surface area (Å²) in [6.45, 7) is 0.668. The second kappa shape index (κ2) is 10.1. The fourth-order valence-electron chi connectivity index (χ4n) is 4.79. The molecule has 2 aliphatic rings. The van der Waals surface area contributed by atoms with Gasteiger partial charge in [-0.15, -0.1) is 0 Å². The van der Waals surface area contributed by atoms with Crippen molar-refractivity contribution >= 4 is 34.9 Å².